The Kier molecular flexibility index (Phi) is 4.01. The number of thiazole rings is 1. The van der Waals surface area contributed by atoms with Crippen molar-refractivity contribution >= 4 is 33.0 Å². The molecule has 1 aromatic heterocycles. The molecule has 18 heavy (non-hydrogen) atoms. The molecule has 0 saturated heterocycles. The second-order valence-electron chi connectivity index (χ2n) is 3.65. The number of benzene rings is 1. The van der Waals surface area contributed by atoms with Crippen molar-refractivity contribution in [3.63, 3.8) is 0 Å². The van der Waals surface area contributed by atoms with E-state index in [0.29, 0.717) is 5.69 Å². The second-order valence-corrected chi connectivity index (χ2v) is 7.19. The molecule has 0 atom stereocenters. The zero-order chi connectivity index (χ0) is 13.2. The first kappa shape index (κ1) is 13.5. The fourth-order valence-electron chi connectivity index (χ4n) is 1.44. The van der Waals surface area contributed by atoms with E-state index in [4.69, 9.17) is 11.6 Å². The summed E-state index contributed by atoms with van der Waals surface area (Å²) >= 11 is 6.66. The van der Waals surface area contributed by atoms with Gasteiger partial charge in [0, 0.05) is 6.54 Å². The van der Waals surface area contributed by atoms with Crippen molar-refractivity contribution in [3.05, 3.63) is 46.1 Å². The van der Waals surface area contributed by atoms with Gasteiger partial charge in [0.2, 0.25) is 0 Å². The van der Waals surface area contributed by atoms with Crippen molar-refractivity contribution in [1.29, 1.82) is 0 Å². The molecule has 96 valence electrons. The number of rotatable bonds is 4. The molecular formula is C11H11ClN2O2S2. The van der Waals surface area contributed by atoms with E-state index < -0.39 is 10.0 Å². The Bertz CT molecular complexity index is 638. The maximum absolute atomic E-state index is 12.0. The lowest BCUT2D eigenvalue weighted by Gasteiger charge is -2.05. The fourth-order valence-corrected chi connectivity index (χ4v) is 4.24. The molecule has 0 unspecified atom stereocenters. The van der Waals surface area contributed by atoms with Crippen LogP contribution in [0.4, 0.5) is 0 Å². The number of nitrogens with one attached hydrogen (secondary N) is 1. The quantitative estimate of drug-likeness (QED) is 0.944. The van der Waals surface area contributed by atoms with Gasteiger partial charge < -0.3 is 0 Å². The van der Waals surface area contributed by atoms with Gasteiger partial charge in [0.1, 0.15) is 0 Å². The predicted octanol–water partition coefficient (Wildman–Crippen LogP) is 2.58. The lowest BCUT2D eigenvalue weighted by molar-refractivity contribution is 0.582. The van der Waals surface area contributed by atoms with E-state index >= 15 is 0 Å². The molecule has 1 aromatic carbocycles. The predicted molar refractivity (Wildman–Crippen MR) is 72.3 cm³/mol. The van der Waals surface area contributed by atoms with Crippen molar-refractivity contribution in [2.45, 2.75) is 17.7 Å². The lowest BCUT2D eigenvalue weighted by Crippen LogP contribution is -2.23. The Hall–Kier alpha value is -0.950. The number of hydrogen-bond acceptors (Lipinski definition) is 4. The van der Waals surface area contributed by atoms with Crippen molar-refractivity contribution in [2.75, 3.05) is 0 Å². The van der Waals surface area contributed by atoms with Gasteiger partial charge in [-0.25, -0.2) is 18.1 Å². The Morgan fingerprint density at radius 1 is 1.33 bits per heavy atom. The average molecular weight is 303 g/mol. The third-order valence-corrected chi connectivity index (χ3v) is 5.55. The molecular weight excluding hydrogens is 292 g/mol. The van der Waals surface area contributed by atoms with Crippen LogP contribution in [-0.4, -0.2) is 13.4 Å². The molecule has 4 nitrogen and oxygen atoms in total. The summed E-state index contributed by atoms with van der Waals surface area (Å²) in [4.78, 5) is 3.90. The molecule has 0 radical (unpaired) electrons. The molecule has 0 bridgehead atoms. The molecule has 0 amide bonds. The molecule has 0 aliphatic heterocycles. The van der Waals surface area contributed by atoms with Crippen LogP contribution in [0.5, 0.6) is 0 Å². The van der Waals surface area contributed by atoms with Gasteiger partial charge in [-0.3, -0.25) is 0 Å². The fraction of sp³-hybridized carbons (Fsp3) is 0.182. The van der Waals surface area contributed by atoms with Gasteiger partial charge in [-0.1, -0.05) is 53.3 Å². The lowest BCUT2D eigenvalue weighted by atomic mass is 10.2. The highest BCUT2D eigenvalue weighted by Crippen LogP contribution is 2.26. The number of nitrogens with zero attached hydrogens (tertiary/aromatic N) is 1. The number of aromatic nitrogens is 1. The third kappa shape index (κ3) is 3.08. The van der Waals surface area contributed by atoms with Crippen LogP contribution in [0, 0.1) is 6.92 Å². The molecule has 7 heteroatoms. The number of aryl methyl sites for hydroxylation is 1. The smallest absolute Gasteiger partial charge is 0.229 e. The molecule has 0 aliphatic carbocycles. The van der Waals surface area contributed by atoms with E-state index in [-0.39, 0.29) is 15.2 Å². The highest BCUT2D eigenvalue weighted by atomic mass is 35.5. The van der Waals surface area contributed by atoms with Crippen molar-refractivity contribution < 1.29 is 8.42 Å². The van der Waals surface area contributed by atoms with Gasteiger partial charge in [-0.2, -0.15) is 0 Å². The minimum absolute atomic E-state index is 0.170. The van der Waals surface area contributed by atoms with Crippen LogP contribution < -0.4 is 4.72 Å². The van der Waals surface area contributed by atoms with Crippen molar-refractivity contribution in [1.82, 2.24) is 9.71 Å². The molecule has 2 aromatic rings. The molecule has 1 heterocycles. The van der Waals surface area contributed by atoms with E-state index in [0.717, 1.165) is 16.9 Å². The van der Waals surface area contributed by atoms with Gasteiger partial charge >= 0.3 is 0 Å². The summed E-state index contributed by atoms with van der Waals surface area (Å²) in [5.41, 5.74) is 1.32. The second kappa shape index (κ2) is 5.36. The maximum atomic E-state index is 12.0. The Balaban J connectivity index is 2.16. The summed E-state index contributed by atoms with van der Waals surface area (Å²) in [6.45, 7) is 1.87. The van der Waals surface area contributed by atoms with Crippen LogP contribution in [0.15, 0.2) is 34.5 Å². The van der Waals surface area contributed by atoms with Crippen LogP contribution >= 0.6 is 22.9 Å². The zero-order valence-electron chi connectivity index (χ0n) is 9.55. The molecule has 1 N–H and O–H groups in total. The summed E-state index contributed by atoms with van der Waals surface area (Å²) in [6.07, 6.45) is 0. The van der Waals surface area contributed by atoms with Crippen LogP contribution in [0.3, 0.4) is 0 Å². The molecule has 0 aliphatic rings. The Labute approximate surface area is 115 Å². The molecule has 0 saturated carbocycles. The van der Waals surface area contributed by atoms with Gasteiger partial charge in [0.05, 0.1) is 5.69 Å². The number of hydrogen-bond donors (Lipinski definition) is 1. The number of sulfonamides is 1. The Morgan fingerprint density at radius 2 is 2.00 bits per heavy atom. The summed E-state index contributed by atoms with van der Waals surface area (Å²) in [6, 6.07) is 9.31. The van der Waals surface area contributed by atoms with Gasteiger partial charge in [-0.15, -0.1) is 0 Å². The molecule has 2 rings (SSSR count). The van der Waals surface area contributed by atoms with Crippen LogP contribution in [0.1, 0.15) is 11.3 Å². The van der Waals surface area contributed by atoms with E-state index in [9.17, 15) is 8.42 Å². The van der Waals surface area contributed by atoms with Crippen molar-refractivity contribution in [3.8, 4) is 0 Å². The summed E-state index contributed by atoms with van der Waals surface area (Å²) < 4.78 is 27.0. The van der Waals surface area contributed by atoms with Gasteiger partial charge in [0.25, 0.3) is 10.0 Å². The maximum Gasteiger partial charge on any atom is 0.252 e. The minimum atomic E-state index is -3.55. The Morgan fingerprint density at radius 3 is 2.56 bits per heavy atom. The van der Waals surface area contributed by atoms with Crippen LogP contribution in [-0.2, 0) is 16.6 Å². The first-order valence-corrected chi connectivity index (χ1v) is 7.83. The standard InChI is InChI=1S/C11H11ClN2O2S2/c1-8-10(17-11(12)14-8)18(15,16)13-7-9-5-3-2-4-6-9/h2-6,13H,7H2,1H3. The SMILES string of the molecule is Cc1nc(Cl)sc1S(=O)(=O)NCc1ccccc1. The van der Waals surface area contributed by atoms with Crippen LogP contribution in [0.25, 0.3) is 0 Å². The first-order chi connectivity index (χ1) is 8.49. The largest absolute Gasteiger partial charge is 0.252 e. The summed E-state index contributed by atoms with van der Waals surface area (Å²) in [5, 5.41) is 0. The monoisotopic (exact) mass is 302 g/mol. The van der Waals surface area contributed by atoms with E-state index in [1.165, 1.54) is 0 Å². The van der Waals surface area contributed by atoms with Crippen LogP contribution in [0.2, 0.25) is 4.47 Å². The van der Waals surface area contributed by atoms with Crippen molar-refractivity contribution in [2.24, 2.45) is 0 Å². The normalized spacial score (nSPS) is 11.7. The zero-order valence-corrected chi connectivity index (χ0v) is 11.9. The molecule has 0 spiro atoms. The van der Waals surface area contributed by atoms with Gasteiger partial charge in [0.15, 0.2) is 8.68 Å². The highest BCUT2D eigenvalue weighted by Gasteiger charge is 2.20. The molecule has 0 fully saturated rings. The van der Waals surface area contributed by atoms with E-state index in [1.54, 1.807) is 6.92 Å². The summed E-state index contributed by atoms with van der Waals surface area (Å²) in [5.74, 6) is 0. The first-order valence-electron chi connectivity index (χ1n) is 5.15. The highest BCUT2D eigenvalue weighted by molar-refractivity contribution is 7.91. The van der Waals surface area contributed by atoms with E-state index in [2.05, 4.69) is 9.71 Å². The minimum Gasteiger partial charge on any atom is -0.229 e. The van der Waals surface area contributed by atoms with E-state index in [1.807, 2.05) is 30.3 Å². The topological polar surface area (TPSA) is 59.1 Å². The average Bonchev–Trinajstić information content (AvgIpc) is 2.68. The third-order valence-electron chi connectivity index (χ3n) is 2.28. The summed E-state index contributed by atoms with van der Waals surface area (Å²) in [7, 11) is -3.55. The van der Waals surface area contributed by atoms with Gasteiger partial charge in [-0.05, 0) is 12.5 Å². The number of halogens is 1.